The van der Waals surface area contributed by atoms with Crippen molar-refractivity contribution in [3.63, 3.8) is 0 Å². The zero-order valence-corrected chi connectivity index (χ0v) is 17.7. The number of rotatable bonds is 4. The maximum absolute atomic E-state index is 14.3. The van der Waals surface area contributed by atoms with Gasteiger partial charge < -0.3 is 0 Å². The van der Waals surface area contributed by atoms with Crippen LogP contribution in [0.4, 0.5) is 33.6 Å². The van der Waals surface area contributed by atoms with Gasteiger partial charge in [0, 0.05) is 0 Å². The Labute approximate surface area is 150 Å². The minimum absolute atomic E-state index is 1.08. The molecular weight excluding hydrogens is 534 g/mol. The highest BCUT2D eigenvalue weighted by Crippen LogP contribution is 2.80. The highest BCUT2D eigenvalue weighted by molar-refractivity contribution is 7.93. The number of hydrogen-bond acceptors (Lipinski definition) is 10. The van der Waals surface area contributed by atoms with Crippen molar-refractivity contribution in [1.29, 1.82) is 0 Å². The molecule has 0 aromatic rings. The largest absolute Gasteiger partial charge is 0.423 e. The van der Waals surface area contributed by atoms with Gasteiger partial charge >= 0.3 is 45.7 Å². The van der Waals surface area contributed by atoms with Crippen LogP contribution in [0.1, 0.15) is 0 Å². The zero-order valence-electron chi connectivity index (χ0n) is 12.3. The molecule has 0 N–H and O–H groups in total. The van der Waals surface area contributed by atoms with E-state index in [9.17, 15) is 52.8 Å². The first-order chi connectivity index (χ1) is 12.5. The summed E-state index contributed by atoms with van der Waals surface area (Å²) in [6, 6.07) is -4.47. The van der Waals surface area contributed by atoms with E-state index in [2.05, 4.69) is 13.5 Å². The Balaban J connectivity index is 4.40. The van der Waals surface area contributed by atoms with Crippen LogP contribution in [-0.2, 0) is 19.2 Å². The second-order valence-corrected chi connectivity index (χ2v) is 15.7. The van der Waals surface area contributed by atoms with Crippen molar-refractivity contribution < 1.29 is 52.8 Å². The first kappa shape index (κ1) is 25.5. The van der Waals surface area contributed by atoms with Crippen LogP contribution in [0, 0.1) is 0 Å². The third kappa shape index (κ3) is 6.78. The van der Waals surface area contributed by atoms with Gasteiger partial charge in [0.05, 0.1) is 0 Å². The van der Waals surface area contributed by atoms with E-state index in [1.54, 1.807) is 9.03 Å². The summed E-state index contributed by atoms with van der Waals surface area (Å²) in [4.78, 5) is 42.9. The summed E-state index contributed by atoms with van der Waals surface area (Å²) in [6.07, 6.45) is 0. The van der Waals surface area contributed by atoms with Crippen LogP contribution in [-0.4, -0.2) is 24.1 Å². The smallest absolute Gasteiger partial charge is 0.292 e. The Bertz CT molecular complexity index is 1040. The molecule has 10 nitrogen and oxygen atoms in total. The number of nitrogens with zero attached hydrogens (tertiary/aromatic N) is 6. The lowest BCUT2D eigenvalue weighted by Gasteiger charge is -2.13. The molecule has 24 heteroatoms. The zero-order chi connectivity index (χ0) is 22.1. The topological polar surface area (TPSA) is 142 Å². The average molecular weight is 538 g/mol. The molecule has 0 aromatic heterocycles. The van der Waals surface area contributed by atoms with Crippen LogP contribution >= 0.6 is 45.7 Å². The highest BCUT2D eigenvalue weighted by Gasteiger charge is 2.39. The SMILES string of the molecule is O=CP1(F)=NP(F)(F)=NP(F)(F)=NP(F)(C=O)=NP(F)(C=O)=NP(F)(C=O)=N1. The Morgan fingerprint density at radius 3 is 0.964 bits per heavy atom. The molecule has 4 unspecified atom stereocenters. The molecule has 0 bridgehead atoms. The predicted molar refractivity (Wildman–Crippen MR) is 92.0 cm³/mol. The van der Waals surface area contributed by atoms with Crippen molar-refractivity contribution in [2.24, 2.45) is 27.1 Å². The van der Waals surface area contributed by atoms with Gasteiger partial charge in [-0.15, -0.1) is 30.3 Å². The summed E-state index contributed by atoms with van der Waals surface area (Å²) in [7, 11) is -38.0. The van der Waals surface area contributed by atoms with Crippen LogP contribution in [0.2, 0.25) is 0 Å². The van der Waals surface area contributed by atoms with Gasteiger partial charge in [-0.1, -0.05) is 0 Å². The van der Waals surface area contributed by atoms with Gasteiger partial charge in [-0.2, -0.15) is 30.3 Å². The monoisotopic (exact) mass is 538 g/mol. The van der Waals surface area contributed by atoms with Crippen molar-refractivity contribution in [3.05, 3.63) is 0 Å². The van der Waals surface area contributed by atoms with Crippen molar-refractivity contribution >= 4 is 69.8 Å². The standard InChI is InChI=1S/C4H4F8N6O4P6/c5-23(1-19)13-24(6,2-20)15-26(8,4-22)17-28(11,12)18-27(9,10)16-25(7,3-21)14-23/h1-4H. The maximum atomic E-state index is 14.3. The fourth-order valence-electron chi connectivity index (χ4n) is 1.24. The van der Waals surface area contributed by atoms with Gasteiger partial charge in [-0.25, -0.2) is 0 Å². The van der Waals surface area contributed by atoms with Crippen molar-refractivity contribution in [1.82, 2.24) is 0 Å². The summed E-state index contributed by atoms with van der Waals surface area (Å²) < 4.78 is 122. The van der Waals surface area contributed by atoms with Gasteiger partial charge in [0.25, 0.3) is 0 Å². The molecule has 0 aliphatic carbocycles. The fourth-order valence-corrected chi connectivity index (χ4v) is 13.0. The van der Waals surface area contributed by atoms with Gasteiger partial charge in [0.1, 0.15) is 0 Å². The number of hydrogen-bond donors (Lipinski definition) is 0. The van der Waals surface area contributed by atoms with E-state index in [1.807, 2.05) is 0 Å². The number of carbonyl (C=O) groups is 4. The van der Waals surface area contributed by atoms with Crippen LogP contribution < -0.4 is 0 Å². The molecule has 0 radical (unpaired) electrons. The molecule has 0 amide bonds. The molecule has 4 atom stereocenters. The molecule has 1 aliphatic rings. The van der Waals surface area contributed by atoms with Gasteiger partial charge in [-0.3, -0.25) is 19.2 Å². The van der Waals surface area contributed by atoms with E-state index in [-0.39, 0.29) is 0 Å². The van der Waals surface area contributed by atoms with E-state index in [0.29, 0.717) is 0 Å². The molecule has 1 aliphatic heterocycles. The molecule has 160 valence electrons. The molecule has 0 spiro atoms. The van der Waals surface area contributed by atoms with Gasteiger partial charge in [-0.05, 0) is 0 Å². The summed E-state index contributed by atoms with van der Waals surface area (Å²) in [6.45, 7) is 0. The second kappa shape index (κ2) is 8.32. The Hall–Kier alpha value is -0.500. The average Bonchev–Trinajstić information content (AvgIpc) is 2.51. The van der Waals surface area contributed by atoms with E-state index < -0.39 is 69.8 Å². The molecule has 0 aromatic carbocycles. The lowest BCUT2D eigenvalue weighted by Crippen LogP contribution is -1.80. The summed E-state index contributed by atoms with van der Waals surface area (Å²) in [5.41, 5.74) is 0. The molecule has 28 heavy (non-hydrogen) atoms. The maximum Gasteiger partial charge on any atom is 0.423 e. The van der Waals surface area contributed by atoms with Crippen LogP contribution in [0.25, 0.3) is 0 Å². The lowest BCUT2D eigenvalue weighted by atomic mass is 11.8. The molecular formula is C4H4F8N6O4P6. The minimum atomic E-state index is -6.88. The first-order valence-corrected chi connectivity index (χ1v) is 15.3. The van der Waals surface area contributed by atoms with Gasteiger partial charge in [0.15, 0.2) is 0 Å². The number of carbonyl (C=O) groups excluding carboxylic acids is 4. The van der Waals surface area contributed by atoms with E-state index in [1.165, 1.54) is 4.52 Å². The van der Waals surface area contributed by atoms with Crippen LogP contribution in [0.3, 0.4) is 0 Å². The fraction of sp³-hybridized carbons (Fsp3) is 0. The Morgan fingerprint density at radius 2 is 0.643 bits per heavy atom. The van der Waals surface area contributed by atoms with E-state index >= 15 is 0 Å². The summed E-state index contributed by atoms with van der Waals surface area (Å²) in [5, 5.41) is 0. The van der Waals surface area contributed by atoms with Crippen LogP contribution in [0.5, 0.6) is 0 Å². The highest BCUT2D eigenvalue weighted by atomic mass is 31.3. The molecule has 0 fully saturated rings. The normalized spacial score (nSPS) is 40.0. The summed E-state index contributed by atoms with van der Waals surface area (Å²) >= 11 is 0. The van der Waals surface area contributed by atoms with Crippen LogP contribution in [0.15, 0.2) is 27.1 Å². The van der Waals surface area contributed by atoms with Crippen molar-refractivity contribution in [2.75, 3.05) is 0 Å². The van der Waals surface area contributed by atoms with Crippen molar-refractivity contribution in [3.8, 4) is 0 Å². The quantitative estimate of drug-likeness (QED) is 0.201. The predicted octanol–water partition coefficient (Wildman–Crippen LogP) is 8.53. The second-order valence-electron chi connectivity index (χ2n) is 4.15. The minimum Gasteiger partial charge on any atom is -0.292 e. The summed E-state index contributed by atoms with van der Waals surface area (Å²) in [5.74, 6) is 0. The Morgan fingerprint density at radius 1 is 0.393 bits per heavy atom. The Kier molecular flexibility index (Phi) is 7.59. The molecule has 0 saturated heterocycles. The lowest BCUT2D eigenvalue weighted by molar-refractivity contribution is 0.565. The molecule has 1 heterocycles. The third-order valence-electron chi connectivity index (χ3n) is 1.97. The molecule has 1 rings (SSSR count). The molecule has 0 saturated carbocycles. The van der Waals surface area contributed by atoms with Crippen molar-refractivity contribution in [2.45, 2.75) is 0 Å². The van der Waals surface area contributed by atoms with E-state index in [0.717, 1.165) is 0 Å². The third-order valence-corrected chi connectivity index (χ3v) is 14.5. The number of halogens is 8. The van der Waals surface area contributed by atoms with E-state index in [4.69, 9.17) is 0 Å². The van der Waals surface area contributed by atoms with Gasteiger partial charge in [0.2, 0.25) is 24.1 Å². The first-order valence-electron chi connectivity index (χ1n) is 5.73.